The number of amides is 1. The monoisotopic (exact) mass is 394 g/mol. The van der Waals surface area contributed by atoms with Gasteiger partial charge in [-0.3, -0.25) is 4.79 Å². The Balaban J connectivity index is 2.04. The fourth-order valence-electron chi connectivity index (χ4n) is 2.11. The van der Waals surface area contributed by atoms with Gasteiger partial charge in [-0.15, -0.1) is 0 Å². The quantitative estimate of drug-likeness (QED) is 0.742. The summed E-state index contributed by atoms with van der Waals surface area (Å²) in [6.45, 7) is 5.20. The van der Waals surface area contributed by atoms with Gasteiger partial charge in [-0.2, -0.15) is 0 Å². The van der Waals surface area contributed by atoms with E-state index in [9.17, 15) is 9.18 Å². The van der Waals surface area contributed by atoms with Crippen LogP contribution in [0.4, 0.5) is 10.1 Å². The lowest BCUT2D eigenvalue weighted by molar-refractivity contribution is -0.122. The van der Waals surface area contributed by atoms with E-state index in [1.807, 2.05) is 31.2 Å². The van der Waals surface area contributed by atoms with Gasteiger partial charge in [-0.1, -0.05) is 25.1 Å². The predicted octanol–water partition coefficient (Wildman–Crippen LogP) is 4.10. The SMILES string of the molecule is CCNCc1ccccc1NC(=O)C(C)Oc1ccc(F)cc1Br. The number of ether oxygens (including phenoxy) is 1. The first-order valence-corrected chi connectivity index (χ1v) is 8.51. The molecule has 0 aliphatic heterocycles. The van der Waals surface area contributed by atoms with Gasteiger partial charge >= 0.3 is 0 Å². The van der Waals surface area contributed by atoms with Crippen LogP contribution in [-0.4, -0.2) is 18.6 Å². The zero-order chi connectivity index (χ0) is 17.5. The van der Waals surface area contributed by atoms with Crippen LogP contribution in [0.15, 0.2) is 46.9 Å². The zero-order valence-electron chi connectivity index (χ0n) is 13.6. The lowest BCUT2D eigenvalue weighted by Gasteiger charge is -2.17. The van der Waals surface area contributed by atoms with Crippen LogP contribution in [0, 0.1) is 5.82 Å². The summed E-state index contributed by atoms with van der Waals surface area (Å²) in [4.78, 5) is 12.4. The summed E-state index contributed by atoms with van der Waals surface area (Å²) < 4.78 is 19.2. The van der Waals surface area contributed by atoms with E-state index < -0.39 is 6.10 Å². The molecular formula is C18H20BrFN2O2. The maximum absolute atomic E-state index is 13.1. The Morgan fingerprint density at radius 1 is 1.29 bits per heavy atom. The molecular weight excluding hydrogens is 375 g/mol. The number of carbonyl (C=O) groups is 1. The van der Waals surface area contributed by atoms with Crippen molar-refractivity contribution < 1.29 is 13.9 Å². The second kappa shape index (κ2) is 8.80. The van der Waals surface area contributed by atoms with Crippen LogP contribution in [0.1, 0.15) is 19.4 Å². The van der Waals surface area contributed by atoms with Crippen LogP contribution in [0.2, 0.25) is 0 Å². The molecule has 2 N–H and O–H groups in total. The molecule has 0 bridgehead atoms. The van der Waals surface area contributed by atoms with E-state index >= 15 is 0 Å². The van der Waals surface area contributed by atoms with E-state index in [0.717, 1.165) is 17.8 Å². The number of para-hydroxylation sites is 1. The molecule has 0 fully saturated rings. The molecule has 1 amide bonds. The summed E-state index contributed by atoms with van der Waals surface area (Å²) >= 11 is 3.23. The number of benzene rings is 2. The molecule has 1 atom stereocenters. The van der Waals surface area contributed by atoms with Gasteiger partial charge in [0, 0.05) is 12.2 Å². The minimum absolute atomic E-state index is 0.268. The van der Waals surface area contributed by atoms with Crippen LogP contribution in [-0.2, 0) is 11.3 Å². The number of halogens is 2. The highest BCUT2D eigenvalue weighted by molar-refractivity contribution is 9.10. The average molecular weight is 395 g/mol. The van der Waals surface area contributed by atoms with Gasteiger partial charge in [0.15, 0.2) is 6.10 Å². The van der Waals surface area contributed by atoms with Gasteiger partial charge in [0.2, 0.25) is 0 Å². The first-order chi connectivity index (χ1) is 11.5. The van der Waals surface area contributed by atoms with Gasteiger partial charge in [-0.05, 0) is 59.2 Å². The normalized spacial score (nSPS) is 11.8. The Labute approximate surface area is 149 Å². The minimum Gasteiger partial charge on any atom is -0.480 e. The second-order valence-electron chi connectivity index (χ2n) is 5.26. The van der Waals surface area contributed by atoms with Crippen LogP contribution in [0.3, 0.4) is 0 Å². The number of carbonyl (C=O) groups excluding carboxylic acids is 1. The van der Waals surface area contributed by atoms with Crippen molar-refractivity contribution in [1.29, 1.82) is 0 Å². The van der Waals surface area contributed by atoms with Crippen LogP contribution in [0.5, 0.6) is 5.75 Å². The lowest BCUT2D eigenvalue weighted by Crippen LogP contribution is -2.30. The van der Waals surface area contributed by atoms with Crippen molar-refractivity contribution >= 4 is 27.5 Å². The molecule has 0 saturated heterocycles. The fourth-order valence-corrected chi connectivity index (χ4v) is 2.55. The highest BCUT2D eigenvalue weighted by Gasteiger charge is 2.17. The number of rotatable bonds is 7. The van der Waals surface area contributed by atoms with Gasteiger partial charge < -0.3 is 15.4 Å². The maximum Gasteiger partial charge on any atom is 0.265 e. The van der Waals surface area contributed by atoms with Crippen molar-refractivity contribution in [3.63, 3.8) is 0 Å². The van der Waals surface area contributed by atoms with Crippen molar-refractivity contribution in [3.05, 3.63) is 58.3 Å². The van der Waals surface area contributed by atoms with E-state index in [4.69, 9.17) is 4.74 Å². The molecule has 0 heterocycles. The van der Waals surface area contributed by atoms with Crippen molar-refractivity contribution in [2.24, 2.45) is 0 Å². The van der Waals surface area contributed by atoms with Gasteiger partial charge in [0.25, 0.3) is 5.91 Å². The highest BCUT2D eigenvalue weighted by atomic mass is 79.9. The van der Waals surface area contributed by atoms with E-state index in [2.05, 4.69) is 26.6 Å². The number of hydrogen-bond donors (Lipinski definition) is 2. The third kappa shape index (κ3) is 5.04. The molecule has 128 valence electrons. The molecule has 6 heteroatoms. The summed E-state index contributed by atoms with van der Waals surface area (Å²) in [5.74, 6) is -0.223. The number of hydrogen-bond acceptors (Lipinski definition) is 3. The van der Waals surface area contributed by atoms with Crippen molar-refractivity contribution in [2.45, 2.75) is 26.5 Å². The molecule has 0 aliphatic carbocycles. The predicted molar refractivity (Wildman–Crippen MR) is 96.6 cm³/mol. The van der Waals surface area contributed by atoms with E-state index in [0.29, 0.717) is 16.8 Å². The summed E-state index contributed by atoms with van der Waals surface area (Å²) in [5.41, 5.74) is 1.75. The van der Waals surface area contributed by atoms with Crippen LogP contribution in [0.25, 0.3) is 0 Å². The molecule has 0 spiro atoms. The van der Waals surface area contributed by atoms with Crippen LogP contribution >= 0.6 is 15.9 Å². The zero-order valence-corrected chi connectivity index (χ0v) is 15.2. The molecule has 0 radical (unpaired) electrons. The summed E-state index contributed by atoms with van der Waals surface area (Å²) in [6.07, 6.45) is -0.723. The Hall–Kier alpha value is -1.92. The standard InChI is InChI=1S/C18H20BrFN2O2/c1-3-21-11-13-6-4-5-7-16(13)22-18(23)12(2)24-17-9-8-14(20)10-15(17)19/h4-10,12,21H,3,11H2,1-2H3,(H,22,23). The molecule has 2 rings (SSSR count). The third-order valence-electron chi connectivity index (χ3n) is 3.41. The topological polar surface area (TPSA) is 50.4 Å². The first kappa shape index (κ1) is 18.4. The van der Waals surface area contributed by atoms with E-state index in [-0.39, 0.29) is 11.7 Å². The second-order valence-corrected chi connectivity index (χ2v) is 6.12. The Bertz CT molecular complexity index is 709. The molecule has 0 saturated carbocycles. The number of anilines is 1. The molecule has 1 unspecified atom stereocenters. The molecule has 24 heavy (non-hydrogen) atoms. The Morgan fingerprint density at radius 2 is 2.04 bits per heavy atom. The molecule has 2 aromatic rings. The van der Waals surface area contributed by atoms with Gasteiger partial charge in [0.05, 0.1) is 4.47 Å². The minimum atomic E-state index is -0.723. The Kier molecular flexibility index (Phi) is 6.75. The number of nitrogens with one attached hydrogen (secondary N) is 2. The molecule has 2 aromatic carbocycles. The summed E-state index contributed by atoms with van der Waals surface area (Å²) in [5, 5.41) is 6.11. The average Bonchev–Trinajstić information content (AvgIpc) is 2.56. The van der Waals surface area contributed by atoms with Gasteiger partial charge in [0.1, 0.15) is 11.6 Å². The van der Waals surface area contributed by atoms with Crippen molar-refractivity contribution in [1.82, 2.24) is 5.32 Å². The van der Waals surface area contributed by atoms with E-state index in [1.165, 1.54) is 18.2 Å². The first-order valence-electron chi connectivity index (χ1n) is 7.72. The van der Waals surface area contributed by atoms with Crippen LogP contribution < -0.4 is 15.4 Å². The van der Waals surface area contributed by atoms with Crippen molar-refractivity contribution in [3.8, 4) is 5.75 Å². The molecule has 0 aliphatic rings. The smallest absolute Gasteiger partial charge is 0.265 e. The molecule has 0 aromatic heterocycles. The summed E-state index contributed by atoms with van der Waals surface area (Å²) in [7, 11) is 0. The fraction of sp³-hybridized carbons (Fsp3) is 0.278. The summed E-state index contributed by atoms with van der Waals surface area (Å²) in [6, 6.07) is 11.7. The van der Waals surface area contributed by atoms with Crippen molar-refractivity contribution in [2.75, 3.05) is 11.9 Å². The largest absolute Gasteiger partial charge is 0.480 e. The van der Waals surface area contributed by atoms with Gasteiger partial charge in [-0.25, -0.2) is 4.39 Å². The third-order valence-corrected chi connectivity index (χ3v) is 4.03. The lowest BCUT2D eigenvalue weighted by atomic mass is 10.1. The molecule has 4 nitrogen and oxygen atoms in total. The highest BCUT2D eigenvalue weighted by Crippen LogP contribution is 2.26. The maximum atomic E-state index is 13.1. The Morgan fingerprint density at radius 3 is 2.75 bits per heavy atom. The van der Waals surface area contributed by atoms with E-state index in [1.54, 1.807) is 6.92 Å².